The van der Waals surface area contributed by atoms with Gasteiger partial charge in [-0.2, -0.15) is 18.3 Å². The minimum atomic E-state index is -4.54. The lowest BCUT2D eigenvalue weighted by atomic mass is 10.1. The van der Waals surface area contributed by atoms with E-state index in [4.69, 9.17) is 0 Å². The number of halogens is 3. The van der Waals surface area contributed by atoms with Gasteiger partial charge in [-0.05, 0) is 29.8 Å². The van der Waals surface area contributed by atoms with Gasteiger partial charge < -0.3 is 0 Å². The molecule has 8 nitrogen and oxygen atoms in total. The first kappa shape index (κ1) is 18.2. The van der Waals surface area contributed by atoms with E-state index in [1.54, 1.807) is 10.9 Å². The predicted octanol–water partition coefficient (Wildman–Crippen LogP) is 3.24. The van der Waals surface area contributed by atoms with Crippen molar-refractivity contribution in [1.29, 1.82) is 0 Å². The zero-order valence-corrected chi connectivity index (χ0v) is 15.5. The molecule has 0 atom stereocenters. The topological polar surface area (TPSA) is 87.2 Å². The Morgan fingerprint density at radius 1 is 1.07 bits per heavy atom. The van der Waals surface area contributed by atoms with Gasteiger partial charge in [0.1, 0.15) is 5.69 Å². The van der Waals surface area contributed by atoms with E-state index in [1.807, 2.05) is 30.3 Å². The molecule has 0 radical (unpaired) electrons. The minimum absolute atomic E-state index is 0.196. The van der Waals surface area contributed by atoms with Crippen LogP contribution in [0.15, 0.2) is 48.8 Å². The molecule has 0 aliphatic heterocycles. The van der Waals surface area contributed by atoms with Crippen LogP contribution in [0.2, 0.25) is 0 Å². The van der Waals surface area contributed by atoms with Gasteiger partial charge in [0.05, 0.1) is 24.0 Å². The smallest absolute Gasteiger partial charge is 0.266 e. The Labute approximate surface area is 167 Å². The molecule has 0 fully saturated rings. The second kappa shape index (κ2) is 6.58. The summed E-state index contributed by atoms with van der Waals surface area (Å²) in [5.41, 5.74) is 1.96. The summed E-state index contributed by atoms with van der Waals surface area (Å²) in [7, 11) is 1.43. The third kappa shape index (κ3) is 3.13. The number of hydrogen-bond donors (Lipinski definition) is 0. The maximum absolute atomic E-state index is 13.0. The lowest BCUT2D eigenvalue weighted by molar-refractivity contribution is -0.141. The van der Waals surface area contributed by atoms with Crippen LogP contribution in [0.3, 0.4) is 0 Å². The molecule has 4 heterocycles. The van der Waals surface area contributed by atoms with E-state index in [0.29, 0.717) is 17.8 Å². The first-order valence-electron chi connectivity index (χ1n) is 8.90. The van der Waals surface area contributed by atoms with Crippen LogP contribution in [0.1, 0.15) is 11.3 Å². The zero-order chi connectivity index (χ0) is 20.9. The van der Waals surface area contributed by atoms with Gasteiger partial charge in [0.25, 0.3) is 0 Å². The fourth-order valence-corrected chi connectivity index (χ4v) is 3.23. The van der Waals surface area contributed by atoms with Gasteiger partial charge in [-0.1, -0.05) is 17.3 Å². The minimum Gasteiger partial charge on any atom is -0.266 e. The highest BCUT2D eigenvalue weighted by Crippen LogP contribution is 2.31. The standard InChI is InChI=1S/C19H13F3N8/c1-29-15(8-16(27-29)19(20,21)22)14-9-24-17-18(25-14)30(28-26-17)10-11-4-5-13-12(7-11)3-2-6-23-13/h2-9H,10H2,1H3. The molecule has 0 bridgehead atoms. The van der Waals surface area contributed by atoms with Crippen molar-refractivity contribution in [1.82, 2.24) is 39.7 Å². The van der Waals surface area contributed by atoms with Gasteiger partial charge in [-0.25, -0.2) is 14.6 Å². The number of rotatable bonds is 3. The maximum Gasteiger partial charge on any atom is 0.435 e. The molecule has 0 aliphatic rings. The molecule has 0 unspecified atom stereocenters. The van der Waals surface area contributed by atoms with Gasteiger partial charge in [-0.15, -0.1) is 5.10 Å². The van der Waals surface area contributed by atoms with E-state index in [2.05, 4.69) is 30.4 Å². The number of aromatic nitrogens is 8. The van der Waals surface area contributed by atoms with Gasteiger partial charge in [-0.3, -0.25) is 9.67 Å². The molecule has 0 saturated carbocycles. The summed E-state index contributed by atoms with van der Waals surface area (Å²) in [6.45, 7) is 0.374. The average molecular weight is 410 g/mol. The molecule has 5 aromatic rings. The highest BCUT2D eigenvalue weighted by molar-refractivity contribution is 5.79. The van der Waals surface area contributed by atoms with Gasteiger partial charge >= 0.3 is 6.18 Å². The van der Waals surface area contributed by atoms with E-state index < -0.39 is 11.9 Å². The number of nitrogens with zero attached hydrogens (tertiary/aromatic N) is 8. The Hall–Kier alpha value is -3.89. The van der Waals surface area contributed by atoms with Crippen molar-refractivity contribution in [2.75, 3.05) is 0 Å². The molecule has 5 rings (SSSR count). The maximum atomic E-state index is 13.0. The molecule has 30 heavy (non-hydrogen) atoms. The van der Waals surface area contributed by atoms with Gasteiger partial charge in [0.15, 0.2) is 11.3 Å². The number of alkyl halides is 3. The van der Waals surface area contributed by atoms with Crippen LogP contribution < -0.4 is 0 Å². The number of aryl methyl sites for hydroxylation is 1. The first-order chi connectivity index (χ1) is 14.4. The zero-order valence-electron chi connectivity index (χ0n) is 15.5. The van der Waals surface area contributed by atoms with Crippen molar-refractivity contribution in [3.05, 3.63) is 60.0 Å². The Balaban J connectivity index is 1.54. The fraction of sp³-hybridized carbons (Fsp3) is 0.158. The molecule has 0 spiro atoms. The lowest BCUT2D eigenvalue weighted by Crippen LogP contribution is -2.06. The summed E-state index contributed by atoms with van der Waals surface area (Å²) in [5, 5.41) is 12.6. The molecular weight excluding hydrogens is 397 g/mol. The molecule has 4 aromatic heterocycles. The van der Waals surface area contributed by atoms with Crippen LogP contribution in [0.5, 0.6) is 0 Å². The number of pyridine rings is 1. The van der Waals surface area contributed by atoms with E-state index >= 15 is 0 Å². The van der Waals surface area contributed by atoms with Crippen LogP contribution in [0, 0.1) is 0 Å². The fourth-order valence-electron chi connectivity index (χ4n) is 3.23. The summed E-state index contributed by atoms with van der Waals surface area (Å²) in [4.78, 5) is 12.9. The third-order valence-electron chi connectivity index (χ3n) is 4.66. The largest absolute Gasteiger partial charge is 0.435 e. The van der Waals surface area contributed by atoms with Crippen molar-refractivity contribution in [2.24, 2.45) is 7.05 Å². The first-order valence-corrected chi connectivity index (χ1v) is 8.90. The molecule has 0 N–H and O–H groups in total. The summed E-state index contributed by atoms with van der Waals surface area (Å²) in [6.07, 6.45) is -1.45. The average Bonchev–Trinajstić information content (AvgIpc) is 3.31. The van der Waals surface area contributed by atoms with E-state index in [0.717, 1.165) is 27.2 Å². The van der Waals surface area contributed by atoms with Crippen molar-refractivity contribution < 1.29 is 13.2 Å². The van der Waals surface area contributed by atoms with Crippen LogP contribution >= 0.6 is 0 Å². The van der Waals surface area contributed by atoms with Gasteiger partial charge in [0, 0.05) is 18.6 Å². The summed E-state index contributed by atoms with van der Waals surface area (Å²) >= 11 is 0. The summed E-state index contributed by atoms with van der Waals surface area (Å²) in [6, 6.07) is 10.6. The molecule has 0 saturated heterocycles. The van der Waals surface area contributed by atoms with Crippen LogP contribution in [0.25, 0.3) is 33.6 Å². The molecule has 11 heteroatoms. The molecule has 1 aromatic carbocycles. The SMILES string of the molecule is Cn1nc(C(F)(F)F)cc1-c1cnc2nnn(Cc3ccc4ncccc4c3)c2n1. The number of hydrogen-bond acceptors (Lipinski definition) is 6. The highest BCUT2D eigenvalue weighted by Gasteiger charge is 2.35. The highest BCUT2D eigenvalue weighted by atomic mass is 19.4. The normalized spacial score (nSPS) is 12.1. The monoisotopic (exact) mass is 410 g/mol. The van der Waals surface area contributed by atoms with Crippen molar-refractivity contribution >= 4 is 22.2 Å². The Bertz CT molecular complexity index is 1390. The predicted molar refractivity (Wildman–Crippen MR) is 101 cm³/mol. The second-order valence-corrected chi connectivity index (χ2v) is 6.72. The summed E-state index contributed by atoms with van der Waals surface area (Å²) in [5.74, 6) is 0. The van der Waals surface area contributed by atoms with Crippen LogP contribution in [-0.2, 0) is 19.8 Å². The van der Waals surface area contributed by atoms with Crippen molar-refractivity contribution in [3.63, 3.8) is 0 Å². The Morgan fingerprint density at radius 2 is 1.93 bits per heavy atom. The molecule has 0 amide bonds. The number of benzene rings is 1. The van der Waals surface area contributed by atoms with Crippen LogP contribution in [-0.4, -0.2) is 39.7 Å². The molecule has 0 aliphatic carbocycles. The number of fused-ring (bicyclic) bond motifs is 2. The van der Waals surface area contributed by atoms with Crippen LogP contribution in [0.4, 0.5) is 13.2 Å². The van der Waals surface area contributed by atoms with E-state index in [-0.39, 0.29) is 11.4 Å². The molecular formula is C19H13F3N8. The van der Waals surface area contributed by atoms with Crippen molar-refractivity contribution in [3.8, 4) is 11.4 Å². The third-order valence-corrected chi connectivity index (χ3v) is 4.66. The molecule has 150 valence electrons. The van der Waals surface area contributed by atoms with Crippen molar-refractivity contribution in [2.45, 2.75) is 12.7 Å². The quantitative estimate of drug-likeness (QED) is 0.454. The van der Waals surface area contributed by atoms with E-state index in [9.17, 15) is 13.2 Å². The Kier molecular flexibility index (Phi) is 3.98. The van der Waals surface area contributed by atoms with E-state index in [1.165, 1.54) is 13.2 Å². The Morgan fingerprint density at radius 3 is 2.73 bits per heavy atom. The summed E-state index contributed by atoms with van der Waals surface area (Å²) < 4.78 is 41.6. The lowest BCUT2D eigenvalue weighted by Gasteiger charge is -2.05. The van der Waals surface area contributed by atoms with Gasteiger partial charge in [0.2, 0.25) is 5.65 Å². The second-order valence-electron chi connectivity index (χ2n) is 6.72.